The zero-order chi connectivity index (χ0) is 20.1. The molecule has 1 heterocycles. The summed E-state index contributed by atoms with van der Waals surface area (Å²) in [5, 5.41) is 4.21. The molecule has 3 aromatic carbocycles. The van der Waals surface area contributed by atoms with Gasteiger partial charge in [0.25, 0.3) is 5.91 Å². The maximum atomic E-state index is 12.4. The number of carbonyl (C=O) groups excluding carboxylic acids is 1. The fourth-order valence-corrected chi connectivity index (χ4v) is 3.60. The second kappa shape index (κ2) is 8.65. The molecule has 0 unspecified atom stereocenters. The molecule has 4 nitrogen and oxygen atoms in total. The Kier molecular flexibility index (Phi) is 5.61. The first-order valence-corrected chi connectivity index (χ1v) is 9.78. The zero-order valence-electron chi connectivity index (χ0n) is 16.4. The number of aromatic amines is 1. The molecule has 1 amide bonds. The maximum Gasteiger partial charge on any atom is 0.257 e. The Morgan fingerprint density at radius 3 is 2.62 bits per heavy atom. The molecule has 0 fully saturated rings. The number of aryl methyl sites for hydroxylation is 1. The molecule has 0 aliphatic rings. The van der Waals surface area contributed by atoms with Crippen LogP contribution in [0.3, 0.4) is 0 Å². The lowest BCUT2D eigenvalue weighted by Crippen LogP contribution is -2.32. The second-order valence-electron chi connectivity index (χ2n) is 7.16. The summed E-state index contributed by atoms with van der Waals surface area (Å²) < 4.78 is 5.63. The van der Waals surface area contributed by atoms with Crippen LogP contribution in [0.2, 0.25) is 0 Å². The standard InChI is InChI=1S/C25H24N2O2/c1-18-8-7-11-20(14-18)29-17-25(28)27-15-22(19-9-3-2-4-10-19)23-16-26-24-13-6-5-12-21(23)24/h2-14,16,22,26H,15,17H2,1H3,(H,27,28)/t22-/m1/s1. The molecule has 29 heavy (non-hydrogen) atoms. The van der Waals surface area contributed by atoms with E-state index in [0.717, 1.165) is 16.6 Å². The van der Waals surface area contributed by atoms with E-state index >= 15 is 0 Å². The molecule has 0 radical (unpaired) electrons. The van der Waals surface area contributed by atoms with Gasteiger partial charge in [0.2, 0.25) is 0 Å². The number of ether oxygens (including phenoxy) is 1. The summed E-state index contributed by atoms with van der Waals surface area (Å²) in [6.07, 6.45) is 2.04. The molecular formula is C25H24N2O2. The third kappa shape index (κ3) is 4.49. The van der Waals surface area contributed by atoms with Crippen molar-refractivity contribution in [1.82, 2.24) is 10.3 Å². The van der Waals surface area contributed by atoms with Gasteiger partial charge in [-0.25, -0.2) is 0 Å². The van der Waals surface area contributed by atoms with Crippen LogP contribution in [-0.4, -0.2) is 24.0 Å². The van der Waals surface area contributed by atoms with Crippen molar-refractivity contribution in [2.75, 3.05) is 13.2 Å². The van der Waals surface area contributed by atoms with Crippen LogP contribution in [0.15, 0.2) is 85.1 Å². The number of rotatable bonds is 7. The van der Waals surface area contributed by atoms with Crippen molar-refractivity contribution in [3.05, 3.63) is 102 Å². The molecule has 4 rings (SSSR count). The Labute approximate surface area is 170 Å². The fourth-order valence-electron chi connectivity index (χ4n) is 3.60. The molecule has 4 aromatic rings. The van der Waals surface area contributed by atoms with Gasteiger partial charge < -0.3 is 15.0 Å². The Morgan fingerprint density at radius 1 is 1.00 bits per heavy atom. The minimum atomic E-state index is -0.132. The highest BCUT2D eigenvalue weighted by molar-refractivity contribution is 5.84. The fraction of sp³-hybridized carbons (Fsp3) is 0.160. The van der Waals surface area contributed by atoms with E-state index in [0.29, 0.717) is 12.3 Å². The first kappa shape index (κ1) is 18.8. The van der Waals surface area contributed by atoms with Crippen LogP contribution in [0.5, 0.6) is 5.75 Å². The van der Waals surface area contributed by atoms with E-state index in [1.54, 1.807) is 0 Å². The van der Waals surface area contributed by atoms with E-state index < -0.39 is 0 Å². The Balaban J connectivity index is 1.48. The monoisotopic (exact) mass is 384 g/mol. The molecule has 4 heteroatoms. The van der Waals surface area contributed by atoms with Crippen molar-refractivity contribution in [3.63, 3.8) is 0 Å². The molecule has 2 N–H and O–H groups in total. The summed E-state index contributed by atoms with van der Waals surface area (Å²) >= 11 is 0. The molecular weight excluding hydrogens is 360 g/mol. The van der Waals surface area contributed by atoms with Crippen LogP contribution >= 0.6 is 0 Å². The van der Waals surface area contributed by atoms with Gasteiger partial charge in [0.1, 0.15) is 5.75 Å². The van der Waals surface area contributed by atoms with Crippen molar-refractivity contribution in [2.24, 2.45) is 0 Å². The van der Waals surface area contributed by atoms with Crippen molar-refractivity contribution < 1.29 is 9.53 Å². The predicted octanol–water partition coefficient (Wildman–Crippen LogP) is 4.80. The Hall–Kier alpha value is -3.53. The van der Waals surface area contributed by atoms with E-state index in [9.17, 15) is 4.79 Å². The van der Waals surface area contributed by atoms with E-state index in [2.05, 4.69) is 34.6 Å². The predicted molar refractivity (Wildman–Crippen MR) is 116 cm³/mol. The van der Waals surface area contributed by atoms with E-state index in [1.165, 1.54) is 10.9 Å². The van der Waals surface area contributed by atoms with Crippen LogP contribution in [0, 0.1) is 6.92 Å². The highest BCUT2D eigenvalue weighted by Gasteiger charge is 2.19. The molecule has 0 bridgehead atoms. The summed E-state index contributed by atoms with van der Waals surface area (Å²) in [4.78, 5) is 15.8. The maximum absolute atomic E-state index is 12.4. The van der Waals surface area contributed by atoms with Gasteiger partial charge in [-0.1, -0.05) is 60.7 Å². The quantitative estimate of drug-likeness (QED) is 0.481. The van der Waals surface area contributed by atoms with E-state index in [-0.39, 0.29) is 18.4 Å². The number of carbonyl (C=O) groups is 1. The lowest BCUT2D eigenvalue weighted by atomic mass is 9.91. The topological polar surface area (TPSA) is 54.1 Å². The highest BCUT2D eigenvalue weighted by atomic mass is 16.5. The Morgan fingerprint density at radius 2 is 1.79 bits per heavy atom. The number of amides is 1. The van der Waals surface area contributed by atoms with Gasteiger partial charge in [-0.15, -0.1) is 0 Å². The van der Waals surface area contributed by atoms with Crippen molar-refractivity contribution in [1.29, 1.82) is 0 Å². The summed E-state index contributed by atoms with van der Waals surface area (Å²) in [5.74, 6) is 0.624. The lowest BCUT2D eigenvalue weighted by Gasteiger charge is -2.18. The van der Waals surface area contributed by atoms with Gasteiger partial charge in [0.15, 0.2) is 6.61 Å². The van der Waals surface area contributed by atoms with Gasteiger partial charge in [-0.3, -0.25) is 4.79 Å². The highest BCUT2D eigenvalue weighted by Crippen LogP contribution is 2.30. The average Bonchev–Trinajstić information content (AvgIpc) is 3.17. The number of aromatic nitrogens is 1. The number of fused-ring (bicyclic) bond motifs is 1. The average molecular weight is 384 g/mol. The van der Waals surface area contributed by atoms with Crippen molar-refractivity contribution >= 4 is 16.8 Å². The van der Waals surface area contributed by atoms with Gasteiger partial charge in [-0.2, -0.15) is 0 Å². The molecule has 1 atom stereocenters. The SMILES string of the molecule is Cc1cccc(OCC(=O)NC[C@H](c2ccccc2)c2c[nH]c3ccccc23)c1. The third-order valence-corrected chi connectivity index (χ3v) is 5.06. The Bertz CT molecular complexity index is 1100. The molecule has 0 spiro atoms. The first-order chi connectivity index (χ1) is 14.2. The summed E-state index contributed by atoms with van der Waals surface area (Å²) in [7, 11) is 0. The number of para-hydroxylation sites is 1. The molecule has 146 valence electrons. The van der Waals surface area contributed by atoms with Crippen molar-refractivity contribution in [3.8, 4) is 5.75 Å². The van der Waals surface area contributed by atoms with Gasteiger partial charge in [0, 0.05) is 29.6 Å². The smallest absolute Gasteiger partial charge is 0.257 e. The number of hydrogen-bond donors (Lipinski definition) is 2. The van der Waals surface area contributed by atoms with Crippen LogP contribution in [-0.2, 0) is 4.79 Å². The van der Waals surface area contributed by atoms with E-state index in [4.69, 9.17) is 4.74 Å². The lowest BCUT2D eigenvalue weighted by molar-refractivity contribution is -0.123. The molecule has 1 aromatic heterocycles. The first-order valence-electron chi connectivity index (χ1n) is 9.78. The van der Waals surface area contributed by atoms with E-state index in [1.807, 2.05) is 67.7 Å². The van der Waals surface area contributed by atoms with Crippen LogP contribution < -0.4 is 10.1 Å². The zero-order valence-corrected chi connectivity index (χ0v) is 16.4. The normalized spacial score (nSPS) is 11.9. The number of hydrogen-bond acceptors (Lipinski definition) is 2. The second-order valence-corrected chi connectivity index (χ2v) is 7.16. The minimum absolute atomic E-state index is 0.00114. The summed E-state index contributed by atoms with van der Waals surface area (Å²) in [6.45, 7) is 2.50. The van der Waals surface area contributed by atoms with Gasteiger partial charge >= 0.3 is 0 Å². The largest absolute Gasteiger partial charge is 0.484 e. The van der Waals surface area contributed by atoms with Crippen LogP contribution in [0.4, 0.5) is 0 Å². The van der Waals surface area contributed by atoms with Crippen molar-refractivity contribution in [2.45, 2.75) is 12.8 Å². The number of benzene rings is 3. The third-order valence-electron chi connectivity index (χ3n) is 5.06. The van der Waals surface area contributed by atoms with Crippen LogP contribution in [0.1, 0.15) is 22.6 Å². The van der Waals surface area contributed by atoms with Gasteiger partial charge in [0.05, 0.1) is 0 Å². The molecule has 0 aliphatic carbocycles. The molecule has 0 saturated heterocycles. The number of nitrogens with one attached hydrogen (secondary N) is 2. The summed E-state index contributed by atoms with van der Waals surface area (Å²) in [5.41, 5.74) is 4.53. The van der Waals surface area contributed by atoms with Crippen LogP contribution in [0.25, 0.3) is 10.9 Å². The van der Waals surface area contributed by atoms with Gasteiger partial charge in [-0.05, 0) is 41.8 Å². The summed E-state index contributed by atoms with van der Waals surface area (Å²) in [6, 6.07) is 26.2. The minimum Gasteiger partial charge on any atom is -0.484 e. The molecule has 0 saturated carbocycles. The number of H-pyrrole nitrogens is 1. The molecule has 0 aliphatic heterocycles.